The number of carbonyl (C=O) groups is 3. The first-order valence-electron chi connectivity index (χ1n) is 6.75. The van der Waals surface area contributed by atoms with Crippen LogP contribution in [0.1, 0.15) is 15.2 Å². The second-order valence-corrected chi connectivity index (χ2v) is 6.59. The Bertz CT molecular complexity index is 842. The zero-order valence-corrected chi connectivity index (χ0v) is 14.0. The number of thiophene rings is 1. The Morgan fingerprint density at radius 2 is 2.04 bits per heavy atom. The molecule has 6 nitrogen and oxygen atoms in total. The van der Waals surface area contributed by atoms with Crippen molar-refractivity contribution in [3.05, 3.63) is 51.1 Å². The summed E-state index contributed by atoms with van der Waals surface area (Å²) in [5.74, 6) is -0.309. The van der Waals surface area contributed by atoms with E-state index in [9.17, 15) is 14.4 Å². The van der Waals surface area contributed by atoms with Gasteiger partial charge in [0.05, 0.1) is 12.0 Å². The highest BCUT2D eigenvalue weighted by atomic mass is 32.2. The Morgan fingerprint density at radius 1 is 1.21 bits per heavy atom. The number of esters is 1. The number of amides is 2. The summed E-state index contributed by atoms with van der Waals surface area (Å²) in [4.78, 5) is 35.6. The van der Waals surface area contributed by atoms with Gasteiger partial charge in [-0.15, -0.1) is 11.3 Å². The molecule has 1 aromatic carbocycles. The molecule has 1 aliphatic rings. The number of hydrogen-bond acceptors (Lipinski definition) is 7. The number of ether oxygens (including phenoxy) is 2. The molecule has 2 amide bonds. The van der Waals surface area contributed by atoms with Crippen LogP contribution in [0.2, 0.25) is 0 Å². The lowest BCUT2D eigenvalue weighted by Crippen LogP contribution is -2.17. The van der Waals surface area contributed by atoms with E-state index >= 15 is 0 Å². The van der Waals surface area contributed by atoms with Gasteiger partial charge in [0.15, 0.2) is 11.5 Å². The predicted molar refractivity (Wildman–Crippen MR) is 91.4 cm³/mol. The molecule has 1 aromatic heterocycles. The van der Waals surface area contributed by atoms with Crippen LogP contribution in [0.3, 0.4) is 0 Å². The second kappa shape index (κ2) is 6.90. The van der Waals surface area contributed by atoms with Gasteiger partial charge in [-0.2, -0.15) is 0 Å². The van der Waals surface area contributed by atoms with Crippen LogP contribution in [-0.2, 0) is 4.79 Å². The van der Waals surface area contributed by atoms with Gasteiger partial charge in [0.1, 0.15) is 4.88 Å². The lowest BCUT2D eigenvalue weighted by molar-refractivity contribution is -0.115. The van der Waals surface area contributed by atoms with Crippen molar-refractivity contribution in [3.63, 3.8) is 0 Å². The predicted octanol–water partition coefficient (Wildman–Crippen LogP) is 3.30. The van der Waals surface area contributed by atoms with Crippen molar-refractivity contribution >= 4 is 46.3 Å². The van der Waals surface area contributed by atoms with Gasteiger partial charge in [0.25, 0.3) is 11.1 Å². The number of imide groups is 1. The fourth-order valence-electron chi connectivity index (χ4n) is 1.98. The Hall–Kier alpha value is -2.58. The average molecular weight is 361 g/mol. The highest BCUT2D eigenvalue weighted by molar-refractivity contribution is 8.18. The molecule has 2 aromatic rings. The van der Waals surface area contributed by atoms with Crippen molar-refractivity contribution in [1.29, 1.82) is 0 Å². The maximum absolute atomic E-state index is 12.1. The Kier molecular flexibility index (Phi) is 4.68. The first kappa shape index (κ1) is 16.3. The SMILES string of the molecule is COc1ccc(/C=C2\SC(=O)NC2=O)cc1OC(=O)c1cccs1. The number of thioether (sulfide) groups is 1. The third-order valence-electron chi connectivity index (χ3n) is 3.05. The molecule has 0 atom stereocenters. The largest absolute Gasteiger partial charge is 0.493 e. The Morgan fingerprint density at radius 3 is 2.67 bits per heavy atom. The summed E-state index contributed by atoms with van der Waals surface area (Å²) in [5.41, 5.74) is 0.608. The molecule has 0 bridgehead atoms. The van der Waals surface area contributed by atoms with Gasteiger partial charge < -0.3 is 9.47 Å². The van der Waals surface area contributed by atoms with E-state index in [2.05, 4.69) is 5.32 Å². The van der Waals surface area contributed by atoms with Crippen LogP contribution < -0.4 is 14.8 Å². The number of benzene rings is 1. The topological polar surface area (TPSA) is 81.7 Å². The van der Waals surface area contributed by atoms with E-state index in [0.29, 0.717) is 16.2 Å². The molecule has 2 heterocycles. The van der Waals surface area contributed by atoms with E-state index in [1.165, 1.54) is 18.4 Å². The third kappa shape index (κ3) is 3.50. The molecule has 0 radical (unpaired) electrons. The minimum absolute atomic E-state index is 0.236. The van der Waals surface area contributed by atoms with Crippen LogP contribution in [0.25, 0.3) is 6.08 Å². The highest BCUT2D eigenvalue weighted by Crippen LogP contribution is 2.32. The lowest BCUT2D eigenvalue weighted by atomic mass is 10.2. The van der Waals surface area contributed by atoms with Crippen LogP contribution in [0, 0.1) is 0 Å². The van der Waals surface area contributed by atoms with Gasteiger partial charge in [-0.3, -0.25) is 14.9 Å². The number of rotatable bonds is 4. The van der Waals surface area contributed by atoms with E-state index in [4.69, 9.17) is 9.47 Å². The zero-order valence-electron chi connectivity index (χ0n) is 12.4. The van der Waals surface area contributed by atoms with E-state index in [0.717, 1.165) is 11.8 Å². The first-order valence-corrected chi connectivity index (χ1v) is 8.45. The summed E-state index contributed by atoms with van der Waals surface area (Å²) in [5, 5.41) is 3.55. The van der Waals surface area contributed by atoms with Crippen LogP contribution >= 0.6 is 23.1 Å². The zero-order chi connectivity index (χ0) is 17.1. The monoisotopic (exact) mass is 361 g/mol. The Balaban J connectivity index is 1.88. The van der Waals surface area contributed by atoms with E-state index in [1.54, 1.807) is 41.8 Å². The van der Waals surface area contributed by atoms with E-state index in [-0.39, 0.29) is 10.7 Å². The summed E-state index contributed by atoms with van der Waals surface area (Å²) in [6.07, 6.45) is 1.55. The molecule has 0 unspecified atom stereocenters. The molecule has 0 saturated carbocycles. The average Bonchev–Trinajstić information content (AvgIpc) is 3.18. The normalized spacial score (nSPS) is 15.5. The fourth-order valence-corrected chi connectivity index (χ4v) is 3.26. The number of nitrogens with one attached hydrogen (secondary N) is 1. The lowest BCUT2D eigenvalue weighted by Gasteiger charge is -2.09. The van der Waals surface area contributed by atoms with Crippen LogP contribution in [0.4, 0.5) is 4.79 Å². The standard InChI is InChI=1S/C16H11NO5S2/c1-21-10-5-4-9(8-13-14(18)17-16(20)24-13)7-11(10)22-15(19)12-3-2-6-23-12/h2-8H,1H3,(H,17,18,20)/b13-8-. The number of methoxy groups -OCH3 is 1. The first-order chi connectivity index (χ1) is 11.6. The second-order valence-electron chi connectivity index (χ2n) is 4.63. The summed E-state index contributed by atoms with van der Waals surface area (Å²) >= 11 is 2.09. The fraction of sp³-hybridized carbons (Fsp3) is 0.0625. The smallest absolute Gasteiger partial charge is 0.353 e. The third-order valence-corrected chi connectivity index (χ3v) is 4.71. The number of hydrogen-bond donors (Lipinski definition) is 1. The van der Waals surface area contributed by atoms with Crippen molar-refractivity contribution in [2.45, 2.75) is 0 Å². The molecule has 8 heteroatoms. The van der Waals surface area contributed by atoms with Gasteiger partial charge in [-0.25, -0.2) is 4.79 Å². The molecule has 24 heavy (non-hydrogen) atoms. The van der Waals surface area contributed by atoms with Crippen LogP contribution in [0.15, 0.2) is 40.6 Å². The van der Waals surface area contributed by atoms with Crippen molar-refractivity contribution in [3.8, 4) is 11.5 Å². The minimum atomic E-state index is -0.490. The van der Waals surface area contributed by atoms with Gasteiger partial charge >= 0.3 is 5.97 Å². The van der Waals surface area contributed by atoms with Crippen molar-refractivity contribution in [1.82, 2.24) is 5.32 Å². The minimum Gasteiger partial charge on any atom is -0.493 e. The molecule has 0 aliphatic carbocycles. The van der Waals surface area contributed by atoms with Gasteiger partial charge in [-0.1, -0.05) is 12.1 Å². The molecule has 1 fully saturated rings. The molecule has 0 spiro atoms. The summed E-state index contributed by atoms with van der Waals surface area (Å²) < 4.78 is 10.6. The molecule has 3 rings (SSSR count). The molecule has 1 saturated heterocycles. The van der Waals surface area contributed by atoms with Gasteiger partial charge in [-0.05, 0) is 47.0 Å². The van der Waals surface area contributed by atoms with E-state index < -0.39 is 17.1 Å². The highest BCUT2D eigenvalue weighted by Gasteiger charge is 2.25. The van der Waals surface area contributed by atoms with Crippen LogP contribution in [0.5, 0.6) is 11.5 Å². The molecule has 122 valence electrons. The summed E-state index contributed by atoms with van der Waals surface area (Å²) in [7, 11) is 1.47. The van der Waals surface area contributed by atoms with Crippen molar-refractivity contribution in [2.75, 3.05) is 7.11 Å². The van der Waals surface area contributed by atoms with Gasteiger partial charge in [0.2, 0.25) is 0 Å². The molecule has 1 N–H and O–H groups in total. The quantitative estimate of drug-likeness (QED) is 0.511. The molecular formula is C16H11NO5S2. The van der Waals surface area contributed by atoms with E-state index in [1.807, 2.05) is 0 Å². The maximum Gasteiger partial charge on any atom is 0.353 e. The summed E-state index contributed by atoms with van der Waals surface area (Å²) in [6.45, 7) is 0. The Labute approximate surface area is 145 Å². The van der Waals surface area contributed by atoms with Crippen molar-refractivity contribution in [2.24, 2.45) is 0 Å². The maximum atomic E-state index is 12.1. The molecule has 1 aliphatic heterocycles. The van der Waals surface area contributed by atoms with Crippen LogP contribution in [-0.4, -0.2) is 24.2 Å². The van der Waals surface area contributed by atoms with Crippen molar-refractivity contribution < 1.29 is 23.9 Å². The number of carbonyl (C=O) groups excluding carboxylic acids is 3. The van der Waals surface area contributed by atoms with Gasteiger partial charge in [0, 0.05) is 0 Å². The summed E-state index contributed by atoms with van der Waals surface area (Å²) in [6, 6.07) is 8.32. The molecular weight excluding hydrogens is 350 g/mol.